The lowest BCUT2D eigenvalue weighted by Crippen LogP contribution is -2.00. The lowest BCUT2D eigenvalue weighted by atomic mass is 10.0. The third kappa shape index (κ3) is 2.36. The van der Waals surface area contributed by atoms with Crippen LogP contribution in [0.4, 0.5) is 0 Å². The highest BCUT2D eigenvalue weighted by molar-refractivity contribution is 5.89. The molecule has 4 heteroatoms. The van der Waals surface area contributed by atoms with Gasteiger partial charge in [0.1, 0.15) is 6.07 Å². The van der Waals surface area contributed by atoms with Gasteiger partial charge in [0, 0.05) is 18.0 Å². The molecule has 1 aromatic carbocycles. The van der Waals surface area contributed by atoms with Crippen LogP contribution in [0.2, 0.25) is 0 Å². The van der Waals surface area contributed by atoms with Crippen molar-refractivity contribution in [1.29, 1.82) is 5.26 Å². The second kappa shape index (κ2) is 5.11. The molecule has 88 valence electrons. The summed E-state index contributed by atoms with van der Waals surface area (Å²) in [5.41, 5.74) is 2.73. The smallest absolute Gasteiger partial charge is 0.337 e. The first kappa shape index (κ1) is 11.8. The number of ether oxygens (including phenoxy) is 1. The molecule has 0 bridgehead atoms. The van der Waals surface area contributed by atoms with Crippen LogP contribution in [-0.2, 0) is 4.74 Å². The van der Waals surface area contributed by atoms with Crippen LogP contribution in [0, 0.1) is 11.3 Å². The molecule has 0 spiro atoms. The topological polar surface area (TPSA) is 63.0 Å². The van der Waals surface area contributed by atoms with E-state index in [9.17, 15) is 4.79 Å². The Morgan fingerprint density at radius 2 is 1.94 bits per heavy atom. The van der Waals surface area contributed by atoms with E-state index in [0.29, 0.717) is 11.1 Å². The highest BCUT2D eigenvalue weighted by Gasteiger charge is 2.05. The maximum Gasteiger partial charge on any atom is 0.337 e. The quantitative estimate of drug-likeness (QED) is 0.753. The Morgan fingerprint density at radius 3 is 2.56 bits per heavy atom. The summed E-state index contributed by atoms with van der Waals surface area (Å²) in [6.45, 7) is 0. The number of carbonyl (C=O) groups is 1. The van der Waals surface area contributed by atoms with Gasteiger partial charge in [-0.2, -0.15) is 5.26 Å². The number of nitrogens with zero attached hydrogens (tertiary/aromatic N) is 2. The highest BCUT2D eigenvalue weighted by atomic mass is 16.5. The monoisotopic (exact) mass is 238 g/mol. The molecule has 1 heterocycles. The zero-order valence-electron chi connectivity index (χ0n) is 9.75. The fourth-order valence-electron chi connectivity index (χ4n) is 1.58. The van der Waals surface area contributed by atoms with E-state index in [0.717, 1.165) is 11.1 Å². The van der Waals surface area contributed by atoms with E-state index < -0.39 is 0 Å². The van der Waals surface area contributed by atoms with Crippen LogP contribution in [0.5, 0.6) is 0 Å². The second-order valence-electron chi connectivity index (χ2n) is 3.64. The molecule has 0 radical (unpaired) electrons. The van der Waals surface area contributed by atoms with E-state index >= 15 is 0 Å². The molecule has 0 N–H and O–H groups in total. The molecule has 2 rings (SSSR count). The van der Waals surface area contributed by atoms with Crippen molar-refractivity contribution in [2.45, 2.75) is 0 Å². The molecular weight excluding hydrogens is 228 g/mol. The van der Waals surface area contributed by atoms with Gasteiger partial charge in [0.25, 0.3) is 0 Å². The average Bonchev–Trinajstić information content (AvgIpc) is 2.46. The molecule has 0 saturated carbocycles. The fraction of sp³-hybridized carbons (Fsp3) is 0.0714. The van der Waals surface area contributed by atoms with E-state index in [1.165, 1.54) is 13.3 Å². The maximum atomic E-state index is 11.3. The van der Waals surface area contributed by atoms with E-state index in [4.69, 9.17) is 5.26 Å². The molecule has 0 aliphatic rings. The molecule has 0 aliphatic heterocycles. The lowest BCUT2D eigenvalue weighted by Gasteiger charge is -2.03. The Bertz CT molecular complexity index is 612. The molecule has 0 aliphatic carbocycles. The molecule has 4 nitrogen and oxygen atoms in total. The summed E-state index contributed by atoms with van der Waals surface area (Å²) in [5.74, 6) is -0.370. The van der Waals surface area contributed by atoms with Gasteiger partial charge in [0.2, 0.25) is 0 Å². The number of methoxy groups -OCH3 is 1. The van der Waals surface area contributed by atoms with Crippen LogP contribution < -0.4 is 0 Å². The number of pyridine rings is 1. The molecule has 0 atom stereocenters. The third-order valence-electron chi connectivity index (χ3n) is 2.51. The van der Waals surface area contributed by atoms with E-state index in [1.807, 2.05) is 6.07 Å². The third-order valence-corrected chi connectivity index (χ3v) is 2.51. The van der Waals surface area contributed by atoms with Crippen LogP contribution >= 0.6 is 0 Å². The Kier molecular flexibility index (Phi) is 3.35. The minimum atomic E-state index is -0.370. The van der Waals surface area contributed by atoms with Gasteiger partial charge < -0.3 is 4.74 Å². The lowest BCUT2D eigenvalue weighted by molar-refractivity contribution is 0.0601. The SMILES string of the molecule is COC(=O)c1ccc(-c2cncc(C#N)c2)cc1. The largest absolute Gasteiger partial charge is 0.465 e. The van der Waals surface area contributed by atoms with Crippen LogP contribution in [0.1, 0.15) is 15.9 Å². The van der Waals surface area contributed by atoms with Crippen LogP contribution in [0.15, 0.2) is 42.7 Å². The van der Waals surface area contributed by atoms with Crippen molar-refractivity contribution in [1.82, 2.24) is 4.98 Å². The molecule has 1 aromatic heterocycles. The summed E-state index contributed by atoms with van der Waals surface area (Å²) < 4.78 is 4.62. The number of rotatable bonds is 2. The Hall–Kier alpha value is -2.67. The molecule has 0 saturated heterocycles. The van der Waals surface area contributed by atoms with E-state index in [2.05, 4.69) is 9.72 Å². The van der Waals surface area contributed by atoms with Crippen LogP contribution in [0.25, 0.3) is 11.1 Å². The first-order valence-corrected chi connectivity index (χ1v) is 5.28. The van der Waals surface area contributed by atoms with Gasteiger partial charge in [0.15, 0.2) is 0 Å². The van der Waals surface area contributed by atoms with Gasteiger partial charge >= 0.3 is 5.97 Å². The van der Waals surface area contributed by atoms with Crippen molar-refractivity contribution in [3.63, 3.8) is 0 Å². The van der Waals surface area contributed by atoms with Crippen LogP contribution in [0.3, 0.4) is 0 Å². The summed E-state index contributed by atoms with van der Waals surface area (Å²) in [5, 5.41) is 8.81. The predicted molar refractivity (Wildman–Crippen MR) is 65.7 cm³/mol. The summed E-state index contributed by atoms with van der Waals surface area (Å²) >= 11 is 0. The number of hydrogen-bond acceptors (Lipinski definition) is 4. The highest BCUT2D eigenvalue weighted by Crippen LogP contribution is 2.20. The molecule has 0 unspecified atom stereocenters. The summed E-state index contributed by atoms with van der Waals surface area (Å²) in [4.78, 5) is 15.3. The molecule has 0 amide bonds. The normalized spacial score (nSPS) is 9.56. The van der Waals surface area contributed by atoms with Crippen molar-refractivity contribution in [2.75, 3.05) is 7.11 Å². The van der Waals surface area contributed by atoms with Gasteiger partial charge in [-0.15, -0.1) is 0 Å². The van der Waals surface area contributed by atoms with Crippen molar-refractivity contribution in [3.05, 3.63) is 53.9 Å². The standard InChI is InChI=1S/C14H10N2O2/c1-18-14(17)12-4-2-11(3-5-12)13-6-10(7-15)8-16-9-13/h2-6,8-9H,1H3. The number of benzene rings is 1. The second-order valence-corrected chi connectivity index (χ2v) is 3.64. The number of hydrogen-bond donors (Lipinski definition) is 0. The van der Waals surface area contributed by atoms with Crippen LogP contribution in [-0.4, -0.2) is 18.1 Å². The Labute approximate surface area is 104 Å². The molecule has 18 heavy (non-hydrogen) atoms. The maximum absolute atomic E-state index is 11.3. The number of nitriles is 1. The van der Waals surface area contributed by atoms with E-state index in [-0.39, 0.29) is 5.97 Å². The van der Waals surface area contributed by atoms with Crippen molar-refractivity contribution < 1.29 is 9.53 Å². The van der Waals surface area contributed by atoms with Gasteiger partial charge in [-0.05, 0) is 23.8 Å². The minimum Gasteiger partial charge on any atom is -0.465 e. The van der Waals surface area contributed by atoms with Crippen molar-refractivity contribution >= 4 is 5.97 Å². The van der Waals surface area contributed by atoms with E-state index in [1.54, 1.807) is 36.5 Å². The average molecular weight is 238 g/mol. The number of esters is 1. The zero-order chi connectivity index (χ0) is 13.0. The Morgan fingerprint density at radius 1 is 1.22 bits per heavy atom. The zero-order valence-corrected chi connectivity index (χ0v) is 9.75. The van der Waals surface area contributed by atoms with Gasteiger partial charge in [-0.1, -0.05) is 12.1 Å². The predicted octanol–water partition coefficient (Wildman–Crippen LogP) is 2.41. The number of carbonyl (C=O) groups excluding carboxylic acids is 1. The summed E-state index contributed by atoms with van der Waals surface area (Å²) in [6.07, 6.45) is 3.18. The minimum absolute atomic E-state index is 0.370. The Balaban J connectivity index is 2.34. The molecule has 2 aromatic rings. The molecule has 0 fully saturated rings. The van der Waals surface area contributed by atoms with Gasteiger partial charge in [-0.25, -0.2) is 4.79 Å². The molecular formula is C14H10N2O2. The first-order valence-electron chi connectivity index (χ1n) is 5.28. The van der Waals surface area contributed by atoms with Gasteiger partial charge in [0.05, 0.1) is 18.2 Å². The van der Waals surface area contributed by atoms with Crippen molar-refractivity contribution in [2.24, 2.45) is 0 Å². The number of aromatic nitrogens is 1. The first-order chi connectivity index (χ1) is 8.74. The summed E-state index contributed by atoms with van der Waals surface area (Å²) in [7, 11) is 1.34. The van der Waals surface area contributed by atoms with Crippen molar-refractivity contribution in [3.8, 4) is 17.2 Å². The fourth-order valence-corrected chi connectivity index (χ4v) is 1.58. The van der Waals surface area contributed by atoms with Gasteiger partial charge in [-0.3, -0.25) is 4.98 Å². The summed E-state index contributed by atoms with van der Waals surface area (Å²) in [6, 6.07) is 10.7.